The number of pyridine rings is 1. The number of aromatic nitrogens is 1. The Morgan fingerprint density at radius 3 is 2.74 bits per heavy atom. The first-order chi connectivity index (χ1) is 12.7. The summed E-state index contributed by atoms with van der Waals surface area (Å²) in [5.41, 5.74) is 1.65. The van der Waals surface area contributed by atoms with Gasteiger partial charge in [-0.1, -0.05) is 6.07 Å². The molecule has 27 heavy (non-hydrogen) atoms. The summed E-state index contributed by atoms with van der Waals surface area (Å²) >= 11 is 0. The first-order valence-corrected chi connectivity index (χ1v) is 8.70. The second-order valence-corrected chi connectivity index (χ2v) is 7.30. The Balaban J connectivity index is 1.82. The molecule has 2 heterocycles. The van der Waals surface area contributed by atoms with E-state index in [9.17, 15) is 9.59 Å². The highest BCUT2D eigenvalue weighted by Crippen LogP contribution is 2.34. The van der Waals surface area contributed by atoms with Gasteiger partial charge < -0.3 is 19.7 Å². The highest BCUT2D eigenvalue weighted by Gasteiger charge is 2.32. The third-order valence-electron chi connectivity index (χ3n) is 4.01. The van der Waals surface area contributed by atoms with Gasteiger partial charge in [-0.3, -0.25) is 9.78 Å². The molecule has 142 valence electrons. The molecule has 1 aromatic carbocycles. The second kappa shape index (κ2) is 7.26. The summed E-state index contributed by atoms with van der Waals surface area (Å²) in [6.07, 6.45) is 1.06. The van der Waals surface area contributed by atoms with Crippen molar-refractivity contribution < 1.29 is 19.1 Å². The lowest BCUT2D eigenvalue weighted by atomic mass is 10.1. The monoisotopic (exact) mass is 369 g/mol. The van der Waals surface area contributed by atoms with Crippen molar-refractivity contribution in [3.05, 3.63) is 42.6 Å². The molecule has 1 N–H and O–H groups in total. The molecule has 1 atom stereocenters. The van der Waals surface area contributed by atoms with Crippen molar-refractivity contribution in [1.82, 2.24) is 10.3 Å². The fraction of sp³-hybridized carbons (Fsp3) is 0.350. The number of nitrogens with zero attached hydrogens (tertiary/aromatic N) is 2. The molecule has 1 aromatic heterocycles. The van der Waals surface area contributed by atoms with Gasteiger partial charge in [0.1, 0.15) is 24.0 Å². The predicted molar refractivity (Wildman–Crippen MR) is 102 cm³/mol. The molecule has 0 saturated carbocycles. The highest BCUT2D eigenvalue weighted by atomic mass is 16.6. The molecule has 0 spiro atoms. The van der Waals surface area contributed by atoms with Crippen LogP contribution in [0.5, 0.6) is 5.75 Å². The Labute approximate surface area is 158 Å². The molecule has 2 aromatic rings. The van der Waals surface area contributed by atoms with E-state index in [1.807, 2.05) is 30.3 Å². The molecule has 0 fully saturated rings. The van der Waals surface area contributed by atoms with Crippen molar-refractivity contribution >= 4 is 17.7 Å². The van der Waals surface area contributed by atoms with Crippen molar-refractivity contribution in [3.8, 4) is 17.0 Å². The summed E-state index contributed by atoms with van der Waals surface area (Å²) in [5, 5.41) is 2.59. The van der Waals surface area contributed by atoms with E-state index in [-0.39, 0.29) is 12.5 Å². The van der Waals surface area contributed by atoms with E-state index in [0.717, 1.165) is 11.3 Å². The maximum Gasteiger partial charge on any atom is 0.408 e. The maximum absolute atomic E-state index is 12.8. The van der Waals surface area contributed by atoms with Crippen LogP contribution in [-0.4, -0.2) is 42.3 Å². The average Bonchev–Trinajstić information content (AvgIpc) is 2.73. The Kier molecular flexibility index (Phi) is 5.03. The third-order valence-corrected chi connectivity index (χ3v) is 4.01. The number of hydrogen-bond acceptors (Lipinski definition) is 5. The molecular formula is C20H23N3O4. The standard InChI is InChI=1S/C20H23N3O4/c1-20(2,3)27-19(25)22-15-12-26-17-9-8-13(14-7-5-6-10-21-14)11-16(17)23(4)18(15)24/h5-11,15H,12H2,1-4H3,(H,22,25). The average molecular weight is 369 g/mol. The van der Waals surface area contributed by atoms with E-state index >= 15 is 0 Å². The molecule has 0 radical (unpaired) electrons. The number of likely N-dealkylation sites (N-methyl/N-ethyl adjacent to an activating group) is 1. The molecular weight excluding hydrogens is 346 g/mol. The fourth-order valence-corrected chi connectivity index (χ4v) is 2.74. The second-order valence-electron chi connectivity index (χ2n) is 7.30. The van der Waals surface area contributed by atoms with Crippen LogP contribution in [0.3, 0.4) is 0 Å². The van der Waals surface area contributed by atoms with Crippen LogP contribution in [-0.2, 0) is 9.53 Å². The van der Waals surface area contributed by atoms with Gasteiger partial charge >= 0.3 is 6.09 Å². The van der Waals surface area contributed by atoms with Gasteiger partial charge in [0.2, 0.25) is 0 Å². The van der Waals surface area contributed by atoms with Crippen LogP contribution in [0.25, 0.3) is 11.3 Å². The van der Waals surface area contributed by atoms with Gasteiger partial charge in [0.05, 0.1) is 11.4 Å². The molecule has 7 nitrogen and oxygen atoms in total. The van der Waals surface area contributed by atoms with Crippen LogP contribution in [0.4, 0.5) is 10.5 Å². The SMILES string of the molecule is CN1C(=O)C(NC(=O)OC(C)(C)C)COc2ccc(-c3ccccn3)cc21. The van der Waals surface area contributed by atoms with Crippen molar-refractivity contribution in [3.63, 3.8) is 0 Å². The van der Waals surface area contributed by atoms with Crippen LogP contribution in [0, 0.1) is 0 Å². The number of carbonyl (C=O) groups excluding carboxylic acids is 2. The number of fused-ring (bicyclic) bond motifs is 1. The lowest BCUT2D eigenvalue weighted by Crippen LogP contribution is -2.50. The Morgan fingerprint density at radius 1 is 1.30 bits per heavy atom. The van der Waals surface area contributed by atoms with E-state index in [2.05, 4.69) is 10.3 Å². The summed E-state index contributed by atoms with van der Waals surface area (Å²) in [7, 11) is 1.65. The van der Waals surface area contributed by atoms with Crippen molar-refractivity contribution in [1.29, 1.82) is 0 Å². The number of nitrogens with one attached hydrogen (secondary N) is 1. The molecule has 1 unspecified atom stereocenters. The lowest BCUT2D eigenvalue weighted by Gasteiger charge is -2.23. The fourth-order valence-electron chi connectivity index (χ4n) is 2.74. The number of hydrogen-bond donors (Lipinski definition) is 1. The summed E-state index contributed by atoms with van der Waals surface area (Å²) in [6, 6.07) is 10.4. The minimum atomic E-state index is -0.837. The van der Waals surface area contributed by atoms with Gasteiger partial charge in [-0.25, -0.2) is 4.79 Å². The lowest BCUT2D eigenvalue weighted by molar-refractivity contribution is -0.120. The van der Waals surface area contributed by atoms with E-state index in [1.165, 1.54) is 4.90 Å². The summed E-state index contributed by atoms with van der Waals surface area (Å²) in [6.45, 7) is 5.32. The molecule has 0 saturated heterocycles. The highest BCUT2D eigenvalue weighted by molar-refractivity contribution is 6.00. The predicted octanol–water partition coefficient (Wildman–Crippen LogP) is 3.00. The Bertz CT molecular complexity index is 846. The van der Waals surface area contributed by atoms with E-state index in [4.69, 9.17) is 9.47 Å². The van der Waals surface area contributed by atoms with Crippen LogP contribution >= 0.6 is 0 Å². The van der Waals surface area contributed by atoms with Crippen molar-refractivity contribution in [2.24, 2.45) is 0 Å². The summed E-state index contributed by atoms with van der Waals surface area (Å²) < 4.78 is 11.0. The van der Waals surface area contributed by atoms with Gasteiger partial charge in [-0.05, 0) is 51.1 Å². The van der Waals surface area contributed by atoms with Crippen LogP contribution in [0.15, 0.2) is 42.6 Å². The number of ether oxygens (including phenoxy) is 2. The number of amides is 2. The van der Waals surface area contributed by atoms with Gasteiger partial charge in [0, 0.05) is 18.8 Å². The minimum Gasteiger partial charge on any atom is -0.489 e. The topological polar surface area (TPSA) is 80.8 Å². The smallest absolute Gasteiger partial charge is 0.408 e. The molecule has 0 bridgehead atoms. The Hall–Kier alpha value is -3.09. The number of anilines is 1. The molecule has 0 aliphatic carbocycles. The summed E-state index contributed by atoms with van der Waals surface area (Å²) in [5.74, 6) is 0.289. The van der Waals surface area contributed by atoms with Gasteiger partial charge in [-0.15, -0.1) is 0 Å². The molecule has 2 amide bonds. The quantitative estimate of drug-likeness (QED) is 0.880. The normalized spacial score (nSPS) is 16.8. The first-order valence-electron chi connectivity index (χ1n) is 8.70. The zero-order valence-corrected chi connectivity index (χ0v) is 15.9. The van der Waals surface area contributed by atoms with E-state index in [1.54, 1.807) is 40.1 Å². The summed E-state index contributed by atoms with van der Waals surface area (Å²) in [4.78, 5) is 30.7. The van der Waals surface area contributed by atoms with E-state index in [0.29, 0.717) is 11.4 Å². The van der Waals surface area contributed by atoms with Crippen LogP contribution < -0.4 is 15.0 Å². The molecule has 3 rings (SSSR count). The zero-order valence-electron chi connectivity index (χ0n) is 15.9. The van der Waals surface area contributed by atoms with Crippen LogP contribution in [0.1, 0.15) is 20.8 Å². The first kappa shape index (κ1) is 18.7. The van der Waals surface area contributed by atoms with Gasteiger partial charge in [0.25, 0.3) is 5.91 Å². The number of carbonyl (C=O) groups is 2. The molecule has 1 aliphatic rings. The third kappa shape index (κ3) is 4.36. The van der Waals surface area contributed by atoms with Crippen molar-refractivity contribution in [2.45, 2.75) is 32.4 Å². The van der Waals surface area contributed by atoms with Crippen LogP contribution in [0.2, 0.25) is 0 Å². The van der Waals surface area contributed by atoms with Crippen molar-refractivity contribution in [2.75, 3.05) is 18.6 Å². The molecule has 1 aliphatic heterocycles. The maximum atomic E-state index is 12.8. The number of alkyl carbamates (subject to hydrolysis) is 1. The molecule has 7 heteroatoms. The largest absolute Gasteiger partial charge is 0.489 e. The zero-order chi connectivity index (χ0) is 19.6. The Morgan fingerprint density at radius 2 is 2.07 bits per heavy atom. The van der Waals surface area contributed by atoms with Gasteiger partial charge in [-0.2, -0.15) is 0 Å². The number of benzene rings is 1. The minimum absolute atomic E-state index is 0.0261. The van der Waals surface area contributed by atoms with Gasteiger partial charge in [0.15, 0.2) is 0 Å². The number of rotatable bonds is 2. The van der Waals surface area contributed by atoms with E-state index < -0.39 is 17.7 Å².